The second-order valence-corrected chi connectivity index (χ2v) is 4.82. The first-order valence-electron chi connectivity index (χ1n) is 6.14. The number of carbonyl (C=O) groups is 1. The van der Waals surface area contributed by atoms with E-state index in [1.165, 1.54) is 0 Å². The second kappa shape index (κ2) is 5.17. The lowest BCUT2D eigenvalue weighted by Crippen LogP contribution is -2.40. The van der Waals surface area contributed by atoms with Crippen LogP contribution in [-0.2, 0) is 0 Å². The molecule has 1 saturated heterocycles. The predicted molar refractivity (Wildman–Crippen MR) is 68.0 cm³/mol. The van der Waals surface area contributed by atoms with Gasteiger partial charge in [0.05, 0.1) is 0 Å². The quantitative estimate of drug-likeness (QED) is 0.810. The van der Waals surface area contributed by atoms with Gasteiger partial charge in [-0.25, -0.2) is 9.78 Å². The van der Waals surface area contributed by atoms with Gasteiger partial charge in [-0.1, -0.05) is 6.92 Å². The van der Waals surface area contributed by atoms with Gasteiger partial charge in [0, 0.05) is 19.3 Å². The van der Waals surface area contributed by atoms with Crippen molar-refractivity contribution in [1.29, 1.82) is 0 Å². The van der Waals surface area contributed by atoms with Crippen LogP contribution in [0.15, 0.2) is 18.3 Å². The van der Waals surface area contributed by atoms with Crippen molar-refractivity contribution in [2.24, 2.45) is 5.92 Å². The second-order valence-electron chi connectivity index (χ2n) is 4.82. The summed E-state index contributed by atoms with van der Waals surface area (Å²) < 4.78 is 0. The lowest BCUT2D eigenvalue weighted by atomic mass is 10.00. The molecule has 0 unspecified atom stereocenters. The standard InChI is InChI=1S/C13H19N3O/c1-10-4-7-16(8-5-10)13(17)15-12-9-11(2)3-6-14-12/h3,6,9-10H,4-5,7-8H2,1-2H3,(H,14,15,17). The van der Waals surface area contributed by atoms with Crippen molar-refractivity contribution in [2.45, 2.75) is 26.7 Å². The highest BCUT2D eigenvalue weighted by Gasteiger charge is 2.20. The van der Waals surface area contributed by atoms with E-state index in [4.69, 9.17) is 0 Å². The molecule has 4 nitrogen and oxygen atoms in total. The normalized spacial score (nSPS) is 16.9. The average molecular weight is 233 g/mol. The molecule has 1 aliphatic heterocycles. The van der Waals surface area contributed by atoms with Gasteiger partial charge in [-0.05, 0) is 43.4 Å². The molecule has 2 rings (SSSR count). The first-order valence-corrected chi connectivity index (χ1v) is 6.14. The van der Waals surface area contributed by atoms with Crippen LogP contribution in [0.5, 0.6) is 0 Å². The van der Waals surface area contributed by atoms with E-state index < -0.39 is 0 Å². The van der Waals surface area contributed by atoms with Gasteiger partial charge in [0.25, 0.3) is 0 Å². The van der Waals surface area contributed by atoms with E-state index in [0.717, 1.165) is 37.4 Å². The van der Waals surface area contributed by atoms with E-state index in [1.54, 1.807) is 6.20 Å². The summed E-state index contributed by atoms with van der Waals surface area (Å²) in [5.74, 6) is 1.37. The molecule has 92 valence electrons. The number of nitrogens with zero attached hydrogens (tertiary/aromatic N) is 2. The summed E-state index contributed by atoms with van der Waals surface area (Å²) >= 11 is 0. The highest BCUT2D eigenvalue weighted by Crippen LogP contribution is 2.16. The number of piperidine rings is 1. The van der Waals surface area contributed by atoms with Crippen LogP contribution < -0.4 is 5.32 Å². The number of rotatable bonds is 1. The third-order valence-corrected chi connectivity index (χ3v) is 3.22. The van der Waals surface area contributed by atoms with E-state index in [1.807, 2.05) is 24.0 Å². The molecule has 0 aliphatic carbocycles. The molecule has 1 aromatic heterocycles. The third-order valence-electron chi connectivity index (χ3n) is 3.22. The number of carbonyl (C=O) groups excluding carboxylic acids is 1. The van der Waals surface area contributed by atoms with Crippen LogP contribution in [0.1, 0.15) is 25.3 Å². The van der Waals surface area contributed by atoms with Gasteiger partial charge in [-0.15, -0.1) is 0 Å². The SMILES string of the molecule is Cc1ccnc(NC(=O)N2CCC(C)CC2)c1. The van der Waals surface area contributed by atoms with Crippen molar-refractivity contribution < 1.29 is 4.79 Å². The molecule has 0 saturated carbocycles. The van der Waals surface area contributed by atoms with E-state index in [-0.39, 0.29) is 6.03 Å². The van der Waals surface area contributed by atoms with Crippen molar-refractivity contribution in [3.8, 4) is 0 Å². The van der Waals surface area contributed by atoms with Crippen molar-refractivity contribution in [3.05, 3.63) is 23.9 Å². The number of nitrogens with one attached hydrogen (secondary N) is 1. The maximum atomic E-state index is 12.0. The molecule has 4 heteroatoms. The van der Waals surface area contributed by atoms with Crippen LogP contribution in [0.4, 0.5) is 10.6 Å². The summed E-state index contributed by atoms with van der Waals surface area (Å²) in [7, 11) is 0. The molecule has 0 bridgehead atoms. The van der Waals surface area contributed by atoms with Crippen LogP contribution in [0.2, 0.25) is 0 Å². The number of likely N-dealkylation sites (tertiary alicyclic amines) is 1. The molecule has 1 fully saturated rings. The van der Waals surface area contributed by atoms with Gasteiger partial charge >= 0.3 is 6.03 Å². The van der Waals surface area contributed by atoms with Crippen molar-refractivity contribution in [3.63, 3.8) is 0 Å². The Morgan fingerprint density at radius 3 is 2.82 bits per heavy atom. The Hall–Kier alpha value is -1.58. The van der Waals surface area contributed by atoms with E-state index >= 15 is 0 Å². The van der Waals surface area contributed by atoms with E-state index in [0.29, 0.717) is 5.82 Å². The number of hydrogen-bond donors (Lipinski definition) is 1. The summed E-state index contributed by atoms with van der Waals surface area (Å²) in [5.41, 5.74) is 1.10. The number of aryl methyl sites for hydroxylation is 1. The van der Waals surface area contributed by atoms with E-state index in [9.17, 15) is 4.79 Å². The summed E-state index contributed by atoms with van der Waals surface area (Å²) in [4.78, 5) is 18.0. The summed E-state index contributed by atoms with van der Waals surface area (Å²) in [5, 5.41) is 2.84. The Balaban J connectivity index is 1.93. The molecule has 2 heterocycles. The molecular weight excluding hydrogens is 214 g/mol. The zero-order valence-electron chi connectivity index (χ0n) is 10.4. The molecule has 0 spiro atoms. The molecule has 1 N–H and O–H groups in total. The first-order chi connectivity index (χ1) is 8.15. The number of aromatic nitrogens is 1. The summed E-state index contributed by atoms with van der Waals surface area (Å²) in [6.45, 7) is 5.91. The van der Waals surface area contributed by atoms with Crippen LogP contribution >= 0.6 is 0 Å². The van der Waals surface area contributed by atoms with Gasteiger partial charge < -0.3 is 4.90 Å². The fourth-order valence-corrected chi connectivity index (χ4v) is 2.00. The highest BCUT2D eigenvalue weighted by molar-refractivity contribution is 5.88. The smallest absolute Gasteiger partial charge is 0.323 e. The van der Waals surface area contributed by atoms with Crippen LogP contribution in [0.3, 0.4) is 0 Å². The molecule has 1 aliphatic rings. The highest BCUT2D eigenvalue weighted by atomic mass is 16.2. The van der Waals surface area contributed by atoms with Gasteiger partial charge in [-0.2, -0.15) is 0 Å². The van der Waals surface area contributed by atoms with Gasteiger partial charge in [0.1, 0.15) is 5.82 Å². The Kier molecular flexibility index (Phi) is 3.61. The first kappa shape index (κ1) is 11.9. The monoisotopic (exact) mass is 233 g/mol. The number of pyridine rings is 1. The summed E-state index contributed by atoms with van der Waals surface area (Å²) in [6.07, 6.45) is 3.90. The van der Waals surface area contributed by atoms with Crippen LogP contribution in [0, 0.1) is 12.8 Å². The minimum atomic E-state index is -0.0324. The Bertz CT molecular complexity index is 397. The maximum absolute atomic E-state index is 12.0. The number of amides is 2. The zero-order valence-corrected chi connectivity index (χ0v) is 10.4. The van der Waals surface area contributed by atoms with Crippen LogP contribution in [-0.4, -0.2) is 29.0 Å². The summed E-state index contributed by atoms with van der Waals surface area (Å²) in [6, 6.07) is 3.76. The van der Waals surface area contributed by atoms with Gasteiger partial charge in [0.2, 0.25) is 0 Å². The van der Waals surface area contributed by atoms with Crippen molar-refractivity contribution in [2.75, 3.05) is 18.4 Å². The predicted octanol–water partition coefficient (Wildman–Crippen LogP) is 2.65. The molecule has 2 amide bonds. The Morgan fingerprint density at radius 1 is 1.47 bits per heavy atom. The Morgan fingerprint density at radius 2 is 2.18 bits per heavy atom. The number of urea groups is 1. The van der Waals surface area contributed by atoms with Gasteiger partial charge in [0.15, 0.2) is 0 Å². The topological polar surface area (TPSA) is 45.2 Å². The molecule has 17 heavy (non-hydrogen) atoms. The fourth-order valence-electron chi connectivity index (χ4n) is 2.00. The lowest BCUT2D eigenvalue weighted by Gasteiger charge is -2.30. The molecular formula is C13H19N3O. The largest absolute Gasteiger partial charge is 0.324 e. The third kappa shape index (κ3) is 3.19. The zero-order chi connectivity index (χ0) is 12.3. The molecule has 0 aromatic carbocycles. The minimum absolute atomic E-state index is 0.0324. The molecule has 0 atom stereocenters. The van der Waals surface area contributed by atoms with Gasteiger partial charge in [-0.3, -0.25) is 5.32 Å². The van der Waals surface area contributed by atoms with Crippen molar-refractivity contribution >= 4 is 11.8 Å². The van der Waals surface area contributed by atoms with Crippen molar-refractivity contribution in [1.82, 2.24) is 9.88 Å². The average Bonchev–Trinajstić information content (AvgIpc) is 2.29. The fraction of sp³-hybridized carbons (Fsp3) is 0.538. The van der Waals surface area contributed by atoms with Crippen LogP contribution in [0.25, 0.3) is 0 Å². The molecule has 0 radical (unpaired) electrons. The number of hydrogen-bond acceptors (Lipinski definition) is 2. The maximum Gasteiger partial charge on any atom is 0.323 e. The van der Waals surface area contributed by atoms with E-state index in [2.05, 4.69) is 17.2 Å². The number of anilines is 1. The Labute approximate surface area is 102 Å². The minimum Gasteiger partial charge on any atom is -0.324 e. The molecule has 1 aromatic rings. The lowest BCUT2D eigenvalue weighted by molar-refractivity contribution is 0.186.